The normalized spacial score (nSPS) is 10.2. The molecule has 0 aliphatic carbocycles. The van der Waals surface area contributed by atoms with Crippen LogP contribution in [0.2, 0.25) is 5.02 Å². The lowest BCUT2D eigenvalue weighted by atomic mass is 10.2. The van der Waals surface area contributed by atoms with Gasteiger partial charge in [0.05, 0.1) is 5.75 Å². The Hall–Kier alpha value is -2.18. The SMILES string of the molecule is Cc1cccc(OCC(=O)NNC(=O)CSCc2ccc(Cl)cc2)c1. The molecule has 0 bridgehead atoms. The highest BCUT2D eigenvalue weighted by Gasteiger charge is 2.06. The number of thioether (sulfide) groups is 1. The minimum atomic E-state index is -0.419. The van der Waals surface area contributed by atoms with Crippen LogP contribution in [0.1, 0.15) is 11.1 Å². The number of ether oxygens (including phenoxy) is 1. The number of carbonyl (C=O) groups is 2. The Labute approximate surface area is 156 Å². The van der Waals surface area contributed by atoms with Gasteiger partial charge < -0.3 is 4.74 Å². The summed E-state index contributed by atoms with van der Waals surface area (Å²) in [5.41, 5.74) is 6.82. The molecule has 2 aromatic carbocycles. The molecular weight excluding hydrogens is 360 g/mol. The molecule has 0 aliphatic rings. The molecule has 0 heterocycles. The highest BCUT2D eigenvalue weighted by atomic mass is 35.5. The summed E-state index contributed by atoms with van der Waals surface area (Å²) < 4.78 is 5.35. The van der Waals surface area contributed by atoms with Crippen molar-refractivity contribution in [2.45, 2.75) is 12.7 Å². The van der Waals surface area contributed by atoms with Crippen molar-refractivity contribution in [3.63, 3.8) is 0 Å². The van der Waals surface area contributed by atoms with Crippen molar-refractivity contribution in [1.29, 1.82) is 0 Å². The van der Waals surface area contributed by atoms with E-state index >= 15 is 0 Å². The van der Waals surface area contributed by atoms with Gasteiger partial charge in [-0.2, -0.15) is 0 Å². The van der Waals surface area contributed by atoms with E-state index in [1.165, 1.54) is 11.8 Å². The quantitative estimate of drug-likeness (QED) is 0.726. The molecule has 5 nitrogen and oxygen atoms in total. The zero-order chi connectivity index (χ0) is 18.1. The molecular formula is C18H19ClN2O3S. The van der Waals surface area contributed by atoms with Crippen LogP contribution in [0.4, 0.5) is 0 Å². The van der Waals surface area contributed by atoms with E-state index in [0.29, 0.717) is 16.5 Å². The van der Waals surface area contributed by atoms with Crippen molar-refractivity contribution in [3.8, 4) is 5.75 Å². The predicted octanol–water partition coefficient (Wildman–Crippen LogP) is 3.11. The third-order valence-corrected chi connectivity index (χ3v) is 4.37. The summed E-state index contributed by atoms with van der Waals surface area (Å²) in [7, 11) is 0. The second-order valence-corrected chi connectivity index (χ2v) is 6.74. The van der Waals surface area contributed by atoms with E-state index in [1.807, 2.05) is 49.4 Å². The number of benzene rings is 2. The number of carbonyl (C=O) groups excluding carboxylic acids is 2. The van der Waals surface area contributed by atoms with Gasteiger partial charge in [0, 0.05) is 10.8 Å². The highest BCUT2D eigenvalue weighted by Crippen LogP contribution is 2.15. The molecule has 2 amide bonds. The third kappa shape index (κ3) is 7.49. The summed E-state index contributed by atoms with van der Waals surface area (Å²) in [6.07, 6.45) is 0. The number of nitrogens with one attached hydrogen (secondary N) is 2. The van der Waals surface area contributed by atoms with Gasteiger partial charge in [0.1, 0.15) is 5.75 Å². The molecule has 0 atom stereocenters. The molecule has 0 saturated carbocycles. The van der Waals surface area contributed by atoms with Crippen molar-refractivity contribution in [3.05, 3.63) is 64.7 Å². The smallest absolute Gasteiger partial charge is 0.276 e. The molecule has 0 aromatic heterocycles. The molecule has 0 spiro atoms. The van der Waals surface area contributed by atoms with E-state index in [2.05, 4.69) is 10.9 Å². The topological polar surface area (TPSA) is 67.4 Å². The first-order valence-electron chi connectivity index (χ1n) is 7.62. The van der Waals surface area contributed by atoms with Crippen LogP contribution < -0.4 is 15.6 Å². The van der Waals surface area contributed by atoms with Crippen LogP contribution in [0.5, 0.6) is 5.75 Å². The second-order valence-electron chi connectivity index (χ2n) is 5.32. The maximum absolute atomic E-state index is 11.7. The van der Waals surface area contributed by atoms with Crippen molar-refractivity contribution in [2.24, 2.45) is 0 Å². The molecule has 2 rings (SSSR count). The van der Waals surface area contributed by atoms with Gasteiger partial charge >= 0.3 is 0 Å². The van der Waals surface area contributed by atoms with Crippen LogP contribution in [0.15, 0.2) is 48.5 Å². The van der Waals surface area contributed by atoms with Crippen molar-refractivity contribution in [2.75, 3.05) is 12.4 Å². The number of hydrogen-bond acceptors (Lipinski definition) is 4. The molecule has 7 heteroatoms. The largest absolute Gasteiger partial charge is 0.484 e. The zero-order valence-electron chi connectivity index (χ0n) is 13.8. The van der Waals surface area contributed by atoms with Gasteiger partial charge in [0.25, 0.3) is 5.91 Å². The molecule has 0 radical (unpaired) electrons. The molecule has 0 saturated heterocycles. The van der Waals surface area contributed by atoms with Crippen molar-refractivity contribution in [1.82, 2.24) is 10.9 Å². The number of rotatable bonds is 7. The summed E-state index contributed by atoms with van der Waals surface area (Å²) >= 11 is 7.26. The number of halogens is 1. The molecule has 2 aromatic rings. The second kappa shape index (κ2) is 9.96. The van der Waals surface area contributed by atoms with Crippen LogP contribution >= 0.6 is 23.4 Å². The van der Waals surface area contributed by atoms with E-state index in [0.717, 1.165) is 11.1 Å². The summed E-state index contributed by atoms with van der Waals surface area (Å²) in [5, 5.41) is 0.682. The van der Waals surface area contributed by atoms with Gasteiger partial charge in [-0.1, -0.05) is 35.9 Å². The highest BCUT2D eigenvalue weighted by molar-refractivity contribution is 7.99. The first-order valence-corrected chi connectivity index (χ1v) is 9.15. The lowest BCUT2D eigenvalue weighted by Gasteiger charge is -2.09. The summed E-state index contributed by atoms with van der Waals surface area (Å²) in [6, 6.07) is 14.8. The van der Waals surface area contributed by atoms with Crippen LogP contribution in [-0.2, 0) is 15.3 Å². The molecule has 2 N–H and O–H groups in total. The van der Waals surface area contributed by atoms with Gasteiger partial charge in [-0.05, 0) is 42.3 Å². The van der Waals surface area contributed by atoms with E-state index in [-0.39, 0.29) is 18.3 Å². The van der Waals surface area contributed by atoms with Gasteiger partial charge in [-0.25, -0.2) is 0 Å². The molecule has 0 unspecified atom stereocenters. The zero-order valence-corrected chi connectivity index (χ0v) is 15.3. The van der Waals surface area contributed by atoms with Crippen LogP contribution in [-0.4, -0.2) is 24.2 Å². The molecule has 0 aliphatic heterocycles. The fourth-order valence-corrected chi connectivity index (χ4v) is 2.82. The number of aryl methyl sites for hydroxylation is 1. The van der Waals surface area contributed by atoms with Crippen molar-refractivity contribution < 1.29 is 14.3 Å². The summed E-state index contributed by atoms with van der Waals surface area (Å²) in [5.74, 6) is 0.844. The lowest BCUT2D eigenvalue weighted by molar-refractivity contribution is -0.128. The van der Waals surface area contributed by atoms with Crippen LogP contribution in [0.25, 0.3) is 0 Å². The van der Waals surface area contributed by atoms with Gasteiger partial charge in [-0.3, -0.25) is 20.4 Å². The van der Waals surface area contributed by atoms with E-state index < -0.39 is 5.91 Å². The Kier molecular flexibility index (Phi) is 7.63. The molecule has 0 fully saturated rings. The van der Waals surface area contributed by atoms with E-state index in [4.69, 9.17) is 16.3 Å². The summed E-state index contributed by atoms with van der Waals surface area (Å²) in [4.78, 5) is 23.4. The third-order valence-electron chi connectivity index (χ3n) is 3.12. The molecule has 25 heavy (non-hydrogen) atoms. The van der Waals surface area contributed by atoms with Gasteiger partial charge in [-0.15, -0.1) is 11.8 Å². The monoisotopic (exact) mass is 378 g/mol. The Bertz CT molecular complexity index is 723. The first kappa shape index (κ1) is 19.1. The van der Waals surface area contributed by atoms with Gasteiger partial charge in [0.15, 0.2) is 6.61 Å². The standard InChI is InChI=1S/C18H19ClN2O3S/c1-13-3-2-4-16(9-13)24-10-17(22)20-21-18(23)12-25-11-14-5-7-15(19)8-6-14/h2-9H,10-12H2,1H3,(H,20,22)(H,21,23). The fourth-order valence-electron chi connectivity index (χ4n) is 1.91. The number of amides is 2. The maximum Gasteiger partial charge on any atom is 0.276 e. The average molecular weight is 379 g/mol. The van der Waals surface area contributed by atoms with E-state index in [1.54, 1.807) is 6.07 Å². The Morgan fingerprint density at radius 2 is 1.80 bits per heavy atom. The fraction of sp³-hybridized carbons (Fsp3) is 0.222. The minimum Gasteiger partial charge on any atom is -0.484 e. The van der Waals surface area contributed by atoms with Crippen LogP contribution in [0.3, 0.4) is 0 Å². The van der Waals surface area contributed by atoms with Crippen LogP contribution in [0, 0.1) is 6.92 Å². The van der Waals surface area contributed by atoms with Gasteiger partial charge in [0.2, 0.25) is 5.91 Å². The number of hydrazine groups is 1. The maximum atomic E-state index is 11.7. The summed E-state index contributed by atoms with van der Waals surface area (Å²) in [6.45, 7) is 1.77. The Morgan fingerprint density at radius 3 is 2.52 bits per heavy atom. The molecule has 132 valence electrons. The Morgan fingerprint density at radius 1 is 1.08 bits per heavy atom. The average Bonchev–Trinajstić information content (AvgIpc) is 2.60. The number of hydrogen-bond donors (Lipinski definition) is 2. The first-order chi connectivity index (χ1) is 12.0. The predicted molar refractivity (Wildman–Crippen MR) is 101 cm³/mol. The van der Waals surface area contributed by atoms with Crippen molar-refractivity contribution >= 4 is 35.2 Å². The Balaban J connectivity index is 1.60. The lowest BCUT2D eigenvalue weighted by Crippen LogP contribution is -2.44. The van der Waals surface area contributed by atoms with E-state index in [9.17, 15) is 9.59 Å². The minimum absolute atomic E-state index is 0.165.